The van der Waals surface area contributed by atoms with Crippen LogP contribution < -0.4 is 0 Å². The molecule has 0 saturated carbocycles. The average Bonchev–Trinajstić information content (AvgIpc) is 2.37. The second-order valence-corrected chi connectivity index (χ2v) is 3.93. The number of carbonyl (C=O) groups is 1. The molecule has 0 amide bonds. The summed E-state index contributed by atoms with van der Waals surface area (Å²) in [5, 5.41) is 9.98. The molecule has 17 heavy (non-hydrogen) atoms. The molecule has 0 fully saturated rings. The third-order valence-corrected chi connectivity index (χ3v) is 2.68. The minimum absolute atomic E-state index is 0.418. The minimum atomic E-state index is -0.848. The summed E-state index contributed by atoms with van der Waals surface area (Å²) in [7, 11) is 2.94. The summed E-state index contributed by atoms with van der Waals surface area (Å²) < 4.78 is 9.59. The quantitative estimate of drug-likeness (QED) is 0.793. The lowest BCUT2D eigenvalue weighted by Gasteiger charge is -2.17. The number of benzene rings is 1. The van der Waals surface area contributed by atoms with E-state index in [1.807, 2.05) is 12.1 Å². The number of ether oxygens (including phenoxy) is 2. The van der Waals surface area contributed by atoms with Crippen molar-refractivity contribution in [1.82, 2.24) is 0 Å². The molecule has 0 radical (unpaired) electrons. The van der Waals surface area contributed by atoms with Crippen LogP contribution in [-0.4, -0.2) is 25.3 Å². The van der Waals surface area contributed by atoms with Crippen molar-refractivity contribution in [3.8, 4) is 0 Å². The molecule has 0 aliphatic heterocycles. The van der Waals surface area contributed by atoms with Crippen LogP contribution in [0.5, 0.6) is 0 Å². The molecule has 2 unspecified atom stereocenters. The highest BCUT2D eigenvalue weighted by atomic mass is 16.5. The Kier molecular flexibility index (Phi) is 5.12. The standard InChI is InChI=1S/C13H18O4/c1-9(13(15)17-3)12(14)11-6-4-10(5-7-11)8-16-2/h4-7,9,12,14H,8H2,1-3H3. The second-order valence-electron chi connectivity index (χ2n) is 3.93. The fourth-order valence-corrected chi connectivity index (χ4v) is 1.58. The van der Waals surface area contributed by atoms with E-state index < -0.39 is 18.0 Å². The highest BCUT2D eigenvalue weighted by Crippen LogP contribution is 2.23. The van der Waals surface area contributed by atoms with Crippen LogP contribution in [0.25, 0.3) is 0 Å². The van der Waals surface area contributed by atoms with E-state index >= 15 is 0 Å². The molecule has 0 aliphatic rings. The molecular weight excluding hydrogens is 220 g/mol. The predicted octanol–water partition coefficient (Wildman–Crippen LogP) is 1.68. The molecule has 0 bridgehead atoms. The third-order valence-electron chi connectivity index (χ3n) is 2.68. The molecule has 1 aromatic carbocycles. The van der Waals surface area contributed by atoms with Gasteiger partial charge in [-0.15, -0.1) is 0 Å². The van der Waals surface area contributed by atoms with Gasteiger partial charge in [-0.25, -0.2) is 0 Å². The van der Waals surface area contributed by atoms with Gasteiger partial charge in [0.05, 0.1) is 25.7 Å². The molecule has 1 N–H and O–H groups in total. The molecular formula is C13H18O4. The molecule has 2 atom stereocenters. The fourth-order valence-electron chi connectivity index (χ4n) is 1.58. The number of methoxy groups -OCH3 is 2. The largest absolute Gasteiger partial charge is 0.469 e. The molecule has 0 spiro atoms. The van der Waals surface area contributed by atoms with Gasteiger partial charge in [0, 0.05) is 7.11 Å². The topological polar surface area (TPSA) is 55.8 Å². The minimum Gasteiger partial charge on any atom is -0.469 e. The Bertz CT molecular complexity index is 358. The zero-order valence-corrected chi connectivity index (χ0v) is 10.3. The van der Waals surface area contributed by atoms with Crippen LogP contribution in [0, 0.1) is 5.92 Å². The fraction of sp³-hybridized carbons (Fsp3) is 0.462. The molecule has 0 saturated heterocycles. The molecule has 4 nitrogen and oxygen atoms in total. The van der Waals surface area contributed by atoms with Gasteiger partial charge < -0.3 is 14.6 Å². The van der Waals surface area contributed by atoms with Gasteiger partial charge in [0.2, 0.25) is 0 Å². The summed E-state index contributed by atoms with van der Waals surface area (Å²) in [6.07, 6.45) is -0.848. The Labute approximate surface area is 101 Å². The molecule has 0 aliphatic carbocycles. The highest BCUT2D eigenvalue weighted by Gasteiger charge is 2.23. The first-order valence-electron chi connectivity index (χ1n) is 5.43. The van der Waals surface area contributed by atoms with Crippen LogP contribution in [0.2, 0.25) is 0 Å². The van der Waals surface area contributed by atoms with Crippen molar-refractivity contribution >= 4 is 5.97 Å². The first-order chi connectivity index (χ1) is 8.10. The predicted molar refractivity (Wildman–Crippen MR) is 63.3 cm³/mol. The number of hydrogen-bond acceptors (Lipinski definition) is 4. The van der Waals surface area contributed by atoms with Gasteiger partial charge in [-0.05, 0) is 18.1 Å². The smallest absolute Gasteiger partial charge is 0.311 e. The zero-order valence-electron chi connectivity index (χ0n) is 10.3. The van der Waals surface area contributed by atoms with Crippen molar-refractivity contribution in [2.45, 2.75) is 19.6 Å². The Hall–Kier alpha value is -1.39. The van der Waals surface area contributed by atoms with E-state index in [1.54, 1.807) is 26.2 Å². The SMILES string of the molecule is COCc1ccc(C(O)C(C)C(=O)OC)cc1. The van der Waals surface area contributed by atoms with E-state index in [-0.39, 0.29) is 0 Å². The Morgan fingerprint density at radius 2 is 1.88 bits per heavy atom. The maximum absolute atomic E-state index is 11.3. The van der Waals surface area contributed by atoms with Crippen LogP contribution in [0.15, 0.2) is 24.3 Å². The summed E-state index contributed by atoms with van der Waals surface area (Å²) in [5.41, 5.74) is 1.72. The lowest BCUT2D eigenvalue weighted by atomic mass is 9.97. The van der Waals surface area contributed by atoms with Crippen molar-refractivity contribution in [2.75, 3.05) is 14.2 Å². The lowest BCUT2D eigenvalue weighted by Crippen LogP contribution is -2.20. The first kappa shape index (κ1) is 13.7. The number of rotatable bonds is 5. The van der Waals surface area contributed by atoms with Crippen LogP contribution in [-0.2, 0) is 20.9 Å². The monoisotopic (exact) mass is 238 g/mol. The molecule has 0 heterocycles. The van der Waals surface area contributed by atoms with Crippen LogP contribution in [0.3, 0.4) is 0 Å². The van der Waals surface area contributed by atoms with E-state index in [9.17, 15) is 9.90 Å². The molecule has 1 rings (SSSR count). The molecule has 4 heteroatoms. The van der Waals surface area contributed by atoms with Gasteiger partial charge in [0.15, 0.2) is 0 Å². The first-order valence-corrected chi connectivity index (χ1v) is 5.43. The highest BCUT2D eigenvalue weighted by molar-refractivity contribution is 5.72. The summed E-state index contributed by atoms with van der Waals surface area (Å²) >= 11 is 0. The van der Waals surface area contributed by atoms with Gasteiger partial charge >= 0.3 is 5.97 Å². The van der Waals surface area contributed by atoms with Gasteiger partial charge in [0.25, 0.3) is 0 Å². The summed E-state index contributed by atoms with van der Waals surface area (Å²) in [4.78, 5) is 11.3. The normalized spacial score (nSPS) is 14.1. The van der Waals surface area contributed by atoms with Crippen LogP contribution >= 0.6 is 0 Å². The number of aliphatic hydroxyl groups excluding tert-OH is 1. The number of carbonyl (C=O) groups excluding carboxylic acids is 1. The van der Waals surface area contributed by atoms with Gasteiger partial charge in [0.1, 0.15) is 0 Å². The van der Waals surface area contributed by atoms with E-state index in [0.717, 1.165) is 5.56 Å². The molecule has 94 valence electrons. The van der Waals surface area contributed by atoms with E-state index in [2.05, 4.69) is 4.74 Å². The lowest BCUT2D eigenvalue weighted by molar-refractivity contribution is -0.148. The van der Waals surface area contributed by atoms with Crippen molar-refractivity contribution in [3.63, 3.8) is 0 Å². The van der Waals surface area contributed by atoms with Crippen molar-refractivity contribution in [1.29, 1.82) is 0 Å². The zero-order chi connectivity index (χ0) is 12.8. The Morgan fingerprint density at radius 3 is 2.35 bits per heavy atom. The van der Waals surface area contributed by atoms with Gasteiger partial charge in [-0.2, -0.15) is 0 Å². The summed E-state index contributed by atoms with van der Waals surface area (Å²) in [6, 6.07) is 7.31. The summed E-state index contributed by atoms with van der Waals surface area (Å²) in [6.45, 7) is 2.17. The Morgan fingerprint density at radius 1 is 1.29 bits per heavy atom. The summed E-state index contributed by atoms with van der Waals surface area (Å²) in [5.74, 6) is -0.994. The van der Waals surface area contributed by atoms with E-state index in [4.69, 9.17) is 4.74 Å². The van der Waals surface area contributed by atoms with Gasteiger partial charge in [-0.3, -0.25) is 4.79 Å². The third kappa shape index (κ3) is 3.54. The van der Waals surface area contributed by atoms with Crippen molar-refractivity contribution < 1.29 is 19.4 Å². The second kappa shape index (κ2) is 6.37. The maximum Gasteiger partial charge on any atom is 0.311 e. The average molecular weight is 238 g/mol. The van der Waals surface area contributed by atoms with E-state index in [1.165, 1.54) is 7.11 Å². The van der Waals surface area contributed by atoms with Crippen molar-refractivity contribution in [3.05, 3.63) is 35.4 Å². The number of hydrogen-bond donors (Lipinski definition) is 1. The maximum atomic E-state index is 11.3. The number of esters is 1. The molecule has 0 aromatic heterocycles. The van der Waals surface area contributed by atoms with Crippen LogP contribution in [0.4, 0.5) is 0 Å². The van der Waals surface area contributed by atoms with E-state index in [0.29, 0.717) is 12.2 Å². The van der Waals surface area contributed by atoms with Crippen LogP contribution in [0.1, 0.15) is 24.2 Å². The Balaban J connectivity index is 2.75. The van der Waals surface area contributed by atoms with Crippen molar-refractivity contribution in [2.24, 2.45) is 5.92 Å². The van der Waals surface area contributed by atoms with Gasteiger partial charge in [-0.1, -0.05) is 24.3 Å². The number of aliphatic hydroxyl groups is 1. The molecule has 1 aromatic rings.